The molecule has 0 atom stereocenters. The highest BCUT2D eigenvalue weighted by molar-refractivity contribution is 5.69. The molecule has 0 radical (unpaired) electrons. The number of aromatic nitrogens is 4. The lowest BCUT2D eigenvalue weighted by atomic mass is 10.2. The Labute approximate surface area is 181 Å². The Hall–Kier alpha value is -3.90. The molecule has 3 heterocycles. The molecule has 158 valence electrons. The molecule has 1 aliphatic heterocycles. The van der Waals surface area contributed by atoms with Gasteiger partial charge in [-0.05, 0) is 37.4 Å². The topological polar surface area (TPSA) is 97.9 Å². The second-order valence-electron chi connectivity index (χ2n) is 7.42. The Morgan fingerprint density at radius 1 is 1.03 bits per heavy atom. The van der Waals surface area contributed by atoms with Crippen molar-refractivity contribution in [2.75, 3.05) is 48.8 Å². The molecule has 0 amide bonds. The van der Waals surface area contributed by atoms with Crippen LogP contribution >= 0.6 is 0 Å². The van der Waals surface area contributed by atoms with E-state index in [-0.39, 0.29) is 0 Å². The largest absolute Gasteiger partial charge is 0.369 e. The second kappa shape index (κ2) is 9.28. The first kappa shape index (κ1) is 20.4. The Balaban J connectivity index is 1.50. The van der Waals surface area contributed by atoms with Gasteiger partial charge in [0.1, 0.15) is 5.82 Å². The van der Waals surface area contributed by atoms with E-state index in [0.29, 0.717) is 23.1 Å². The third-order valence-electron chi connectivity index (χ3n) is 5.11. The second-order valence-corrected chi connectivity index (χ2v) is 7.42. The average molecular weight is 416 g/mol. The highest BCUT2D eigenvalue weighted by Gasteiger charge is 2.14. The van der Waals surface area contributed by atoms with Crippen LogP contribution in [-0.4, -0.2) is 57.9 Å². The first-order valence-corrected chi connectivity index (χ1v) is 10.1. The molecule has 9 nitrogen and oxygen atoms in total. The normalized spacial score (nSPS) is 14.5. The van der Waals surface area contributed by atoms with Crippen LogP contribution in [0.5, 0.6) is 0 Å². The summed E-state index contributed by atoms with van der Waals surface area (Å²) in [6, 6.07) is 12.1. The molecule has 31 heavy (non-hydrogen) atoms. The zero-order valence-electron chi connectivity index (χ0n) is 17.7. The number of benzene rings is 1. The molecule has 0 saturated carbocycles. The van der Waals surface area contributed by atoms with Crippen LogP contribution in [0.25, 0.3) is 6.08 Å². The molecule has 2 N–H and O–H groups in total. The number of nitrogens with one attached hydrogen (secondary N) is 2. The number of nitriles is 1. The minimum Gasteiger partial charge on any atom is -0.369 e. The molecule has 0 spiro atoms. The van der Waals surface area contributed by atoms with E-state index >= 15 is 0 Å². The Morgan fingerprint density at radius 3 is 2.48 bits per heavy atom. The zero-order valence-corrected chi connectivity index (χ0v) is 17.7. The fourth-order valence-electron chi connectivity index (χ4n) is 3.35. The number of aryl methyl sites for hydroxylation is 1. The quantitative estimate of drug-likeness (QED) is 0.593. The standard InChI is InChI=1S/C22H25N9/c1-29-12-14-31(15-13-29)19-7-5-18(6-8-19)25-22-24-16-17(4-3-10-23)21(27-22)26-20-9-11-30(2)28-20/h3-9,11,16H,12-15H2,1-2H3,(H2,24,25,26,27,28). The fourth-order valence-corrected chi connectivity index (χ4v) is 3.35. The SMILES string of the molecule is CN1CCN(c2ccc(Nc3ncc(C=CC#N)c(Nc4ccn(C)n4)n3)cc2)CC1. The molecule has 1 aromatic carbocycles. The third kappa shape index (κ3) is 5.18. The van der Waals surface area contributed by atoms with Gasteiger partial charge in [-0.1, -0.05) is 0 Å². The molecule has 9 heteroatoms. The van der Waals surface area contributed by atoms with Crippen molar-refractivity contribution in [3.8, 4) is 6.07 Å². The zero-order chi connectivity index (χ0) is 21.6. The summed E-state index contributed by atoms with van der Waals surface area (Å²) >= 11 is 0. The third-order valence-corrected chi connectivity index (χ3v) is 5.11. The van der Waals surface area contributed by atoms with Gasteiger partial charge in [0.25, 0.3) is 0 Å². The molecule has 0 bridgehead atoms. The molecular formula is C22H25N9. The van der Waals surface area contributed by atoms with Crippen molar-refractivity contribution in [2.24, 2.45) is 7.05 Å². The van der Waals surface area contributed by atoms with Crippen molar-refractivity contribution < 1.29 is 0 Å². The van der Waals surface area contributed by atoms with E-state index in [1.165, 1.54) is 11.8 Å². The van der Waals surface area contributed by atoms with Crippen LogP contribution in [0.2, 0.25) is 0 Å². The summed E-state index contributed by atoms with van der Waals surface area (Å²) in [5.41, 5.74) is 2.82. The van der Waals surface area contributed by atoms with Gasteiger partial charge < -0.3 is 20.4 Å². The van der Waals surface area contributed by atoms with E-state index in [1.807, 2.05) is 37.5 Å². The molecule has 3 aromatic rings. The summed E-state index contributed by atoms with van der Waals surface area (Å²) in [7, 11) is 4.00. The summed E-state index contributed by atoms with van der Waals surface area (Å²) in [5.74, 6) is 1.69. The maximum Gasteiger partial charge on any atom is 0.229 e. The van der Waals surface area contributed by atoms with Crippen LogP contribution in [0.15, 0.2) is 48.8 Å². The highest BCUT2D eigenvalue weighted by Crippen LogP contribution is 2.24. The van der Waals surface area contributed by atoms with E-state index < -0.39 is 0 Å². The number of anilines is 5. The van der Waals surface area contributed by atoms with Gasteiger partial charge in [0.2, 0.25) is 5.95 Å². The van der Waals surface area contributed by atoms with Crippen LogP contribution in [0.4, 0.5) is 29.0 Å². The lowest BCUT2D eigenvalue weighted by molar-refractivity contribution is 0.313. The lowest BCUT2D eigenvalue weighted by Gasteiger charge is -2.34. The summed E-state index contributed by atoms with van der Waals surface area (Å²) in [6.45, 7) is 4.22. The van der Waals surface area contributed by atoms with Crippen LogP contribution < -0.4 is 15.5 Å². The monoisotopic (exact) mass is 415 g/mol. The van der Waals surface area contributed by atoms with E-state index in [0.717, 1.165) is 31.9 Å². The van der Waals surface area contributed by atoms with Gasteiger partial charge in [0.05, 0.1) is 6.07 Å². The van der Waals surface area contributed by atoms with Crippen LogP contribution in [-0.2, 0) is 7.05 Å². The lowest BCUT2D eigenvalue weighted by Crippen LogP contribution is -2.44. The highest BCUT2D eigenvalue weighted by atomic mass is 15.3. The molecular weight excluding hydrogens is 390 g/mol. The minimum atomic E-state index is 0.458. The molecule has 0 unspecified atom stereocenters. The summed E-state index contributed by atoms with van der Waals surface area (Å²) in [4.78, 5) is 13.7. The van der Waals surface area contributed by atoms with E-state index in [1.54, 1.807) is 17.0 Å². The van der Waals surface area contributed by atoms with Crippen molar-refractivity contribution in [3.05, 3.63) is 54.4 Å². The Kier molecular flexibility index (Phi) is 6.10. The average Bonchev–Trinajstić information content (AvgIpc) is 3.19. The number of hydrogen-bond acceptors (Lipinski definition) is 8. The Bertz CT molecular complexity index is 1090. The van der Waals surface area contributed by atoms with Gasteiger partial charge in [-0.3, -0.25) is 4.68 Å². The van der Waals surface area contributed by atoms with Crippen molar-refractivity contribution in [2.45, 2.75) is 0 Å². The van der Waals surface area contributed by atoms with E-state index in [4.69, 9.17) is 5.26 Å². The number of rotatable bonds is 6. The van der Waals surface area contributed by atoms with Gasteiger partial charge in [0.15, 0.2) is 5.82 Å². The van der Waals surface area contributed by atoms with Crippen molar-refractivity contribution >= 4 is 35.0 Å². The van der Waals surface area contributed by atoms with Gasteiger partial charge in [-0.15, -0.1) is 0 Å². The molecule has 1 fully saturated rings. The number of likely N-dealkylation sites (N-methyl/N-ethyl adjacent to an activating group) is 1. The van der Waals surface area contributed by atoms with Crippen LogP contribution in [0, 0.1) is 11.3 Å². The maximum absolute atomic E-state index is 8.86. The van der Waals surface area contributed by atoms with Crippen LogP contribution in [0.1, 0.15) is 5.56 Å². The first-order chi connectivity index (χ1) is 15.1. The fraction of sp³-hybridized carbons (Fsp3) is 0.273. The van der Waals surface area contributed by atoms with Crippen LogP contribution in [0.3, 0.4) is 0 Å². The Morgan fingerprint density at radius 2 is 1.81 bits per heavy atom. The summed E-state index contributed by atoms with van der Waals surface area (Å²) in [5, 5.41) is 19.6. The number of hydrogen-bond donors (Lipinski definition) is 2. The number of allylic oxidation sites excluding steroid dienone is 1. The molecule has 1 aliphatic rings. The predicted octanol–water partition coefficient (Wildman–Crippen LogP) is 2.99. The maximum atomic E-state index is 8.86. The van der Waals surface area contributed by atoms with Gasteiger partial charge in [-0.25, -0.2) is 4.98 Å². The minimum absolute atomic E-state index is 0.458. The molecule has 0 aliphatic carbocycles. The van der Waals surface area contributed by atoms with Crippen molar-refractivity contribution in [1.29, 1.82) is 5.26 Å². The number of nitrogens with zero attached hydrogens (tertiary/aromatic N) is 7. The summed E-state index contributed by atoms with van der Waals surface area (Å²) < 4.78 is 1.70. The van der Waals surface area contributed by atoms with Crippen molar-refractivity contribution in [3.63, 3.8) is 0 Å². The van der Waals surface area contributed by atoms with Gasteiger partial charge in [0, 0.05) is 74.7 Å². The predicted molar refractivity (Wildman–Crippen MR) is 123 cm³/mol. The molecule has 2 aromatic heterocycles. The van der Waals surface area contributed by atoms with E-state index in [2.05, 4.69) is 54.7 Å². The van der Waals surface area contributed by atoms with Gasteiger partial charge in [-0.2, -0.15) is 15.3 Å². The molecule has 1 saturated heterocycles. The summed E-state index contributed by atoms with van der Waals surface area (Å²) in [6.07, 6.45) is 6.58. The number of piperazine rings is 1. The first-order valence-electron chi connectivity index (χ1n) is 10.1. The molecule has 4 rings (SSSR count). The van der Waals surface area contributed by atoms with Gasteiger partial charge >= 0.3 is 0 Å². The van der Waals surface area contributed by atoms with Crippen molar-refractivity contribution in [1.82, 2.24) is 24.6 Å². The van der Waals surface area contributed by atoms with E-state index in [9.17, 15) is 0 Å². The smallest absolute Gasteiger partial charge is 0.229 e.